The SMILES string of the molecule is CN=C(NCc1cc(OC)c(OC)cc1Br)NC1CCCCC1. The van der Waals surface area contributed by atoms with Gasteiger partial charge in [0.1, 0.15) is 0 Å². The molecule has 1 saturated carbocycles. The van der Waals surface area contributed by atoms with Crippen LogP contribution in [0.1, 0.15) is 37.7 Å². The molecule has 0 saturated heterocycles. The molecule has 1 aromatic carbocycles. The van der Waals surface area contributed by atoms with E-state index >= 15 is 0 Å². The lowest BCUT2D eigenvalue weighted by molar-refractivity contribution is 0.354. The van der Waals surface area contributed by atoms with Crippen LogP contribution in [0.25, 0.3) is 0 Å². The van der Waals surface area contributed by atoms with Gasteiger partial charge < -0.3 is 20.1 Å². The second kappa shape index (κ2) is 9.01. The molecule has 0 atom stereocenters. The molecule has 1 fully saturated rings. The minimum Gasteiger partial charge on any atom is -0.493 e. The monoisotopic (exact) mass is 383 g/mol. The summed E-state index contributed by atoms with van der Waals surface area (Å²) in [5.41, 5.74) is 1.09. The van der Waals surface area contributed by atoms with Crippen LogP contribution in [0.4, 0.5) is 0 Å². The summed E-state index contributed by atoms with van der Waals surface area (Å²) in [6.07, 6.45) is 6.40. The molecule has 6 heteroatoms. The van der Waals surface area contributed by atoms with Crippen LogP contribution in [0.2, 0.25) is 0 Å². The summed E-state index contributed by atoms with van der Waals surface area (Å²) >= 11 is 3.59. The Morgan fingerprint density at radius 3 is 2.43 bits per heavy atom. The Morgan fingerprint density at radius 1 is 1.17 bits per heavy atom. The van der Waals surface area contributed by atoms with E-state index in [-0.39, 0.29) is 0 Å². The lowest BCUT2D eigenvalue weighted by Gasteiger charge is -2.25. The van der Waals surface area contributed by atoms with Crippen LogP contribution in [0.5, 0.6) is 11.5 Å². The second-order valence-corrected chi connectivity index (χ2v) is 6.56. The molecule has 2 rings (SSSR count). The molecule has 1 aliphatic carbocycles. The summed E-state index contributed by atoms with van der Waals surface area (Å²) in [5, 5.41) is 6.89. The van der Waals surface area contributed by atoms with Crippen molar-refractivity contribution >= 4 is 21.9 Å². The molecule has 0 heterocycles. The van der Waals surface area contributed by atoms with Crippen LogP contribution in [0.3, 0.4) is 0 Å². The van der Waals surface area contributed by atoms with Gasteiger partial charge in [-0.15, -0.1) is 0 Å². The Morgan fingerprint density at radius 2 is 1.83 bits per heavy atom. The first-order valence-electron chi connectivity index (χ1n) is 8.05. The first-order chi connectivity index (χ1) is 11.2. The van der Waals surface area contributed by atoms with Crippen molar-refractivity contribution in [1.29, 1.82) is 0 Å². The zero-order valence-electron chi connectivity index (χ0n) is 14.1. The maximum atomic E-state index is 5.37. The van der Waals surface area contributed by atoms with E-state index < -0.39 is 0 Å². The Balaban J connectivity index is 1.98. The summed E-state index contributed by atoms with van der Waals surface area (Å²) < 4.78 is 11.7. The molecule has 0 radical (unpaired) electrons. The van der Waals surface area contributed by atoms with Crippen LogP contribution in [0, 0.1) is 0 Å². The van der Waals surface area contributed by atoms with Gasteiger partial charge in [0.15, 0.2) is 17.5 Å². The predicted molar refractivity (Wildman–Crippen MR) is 97.5 cm³/mol. The van der Waals surface area contributed by atoms with E-state index in [1.54, 1.807) is 14.2 Å². The molecule has 23 heavy (non-hydrogen) atoms. The number of methoxy groups -OCH3 is 2. The van der Waals surface area contributed by atoms with E-state index in [0.29, 0.717) is 18.3 Å². The summed E-state index contributed by atoms with van der Waals surface area (Å²) in [6, 6.07) is 4.43. The third-order valence-electron chi connectivity index (χ3n) is 4.17. The highest BCUT2D eigenvalue weighted by Gasteiger charge is 2.15. The van der Waals surface area contributed by atoms with E-state index in [0.717, 1.165) is 21.7 Å². The number of rotatable bonds is 5. The smallest absolute Gasteiger partial charge is 0.191 e. The lowest BCUT2D eigenvalue weighted by atomic mass is 9.96. The lowest BCUT2D eigenvalue weighted by Crippen LogP contribution is -2.43. The Hall–Kier alpha value is -1.43. The number of guanidine groups is 1. The van der Waals surface area contributed by atoms with Gasteiger partial charge in [0.2, 0.25) is 0 Å². The average molecular weight is 384 g/mol. The molecule has 0 bridgehead atoms. The van der Waals surface area contributed by atoms with Gasteiger partial charge in [0.05, 0.1) is 14.2 Å². The molecule has 0 aromatic heterocycles. The molecule has 1 aliphatic rings. The largest absolute Gasteiger partial charge is 0.493 e. The normalized spacial score (nSPS) is 16.1. The zero-order chi connectivity index (χ0) is 16.7. The highest BCUT2D eigenvalue weighted by atomic mass is 79.9. The van der Waals surface area contributed by atoms with Crippen molar-refractivity contribution in [3.05, 3.63) is 22.2 Å². The fourth-order valence-corrected chi connectivity index (χ4v) is 3.31. The van der Waals surface area contributed by atoms with Crippen molar-refractivity contribution < 1.29 is 9.47 Å². The van der Waals surface area contributed by atoms with E-state index in [2.05, 4.69) is 31.6 Å². The maximum absolute atomic E-state index is 5.37. The fourth-order valence-electron chi connectivity index (χ4n) is 2.85. The minimum absolute atomic E-state index is 0.531. The number of hydrogen-bond donors (Lipinski definition) is 2. The minimum atomic E-state index is 0.531. The number of ether oxygens (including phenoxy) is 2. The van der Waals surface area contributed by atoms with E-state index in [1.807, 2.05) is 19.2 Å². The van der Waals surface area contributed by atoms with Gasteiger partial charge in [0, 0.05) is 24.1 Å². The van der Waals surface area contributed by atoms with Crippen molar-refractivity contribution in [3.63, 3.8) is 0 Å². The highest BCUT2D eigenvalue weighted by molar-refractivity contribution is 9.10. The van der Waals surface area contributed by atoms with Crippen molar-refractivity contribution in [2.75, 3.05) is 21.3 Å². The maximum Gasteiger partial charge on any atom is 0.191 e. The highest BCUT2D eigenvalue weighted by Crippen LogP contribution is 2.33. The molecule has 2 N–H and O–H groups in total. The molecule has 1 aromatic rings. The molecule has 0 amide bonds. The van der Waals surface area contributed by atoms with Crippen molar-refractivity contribution in [1.82, 2.24) is 10.6 Å². The number of nitrogens with one attached hydrogen (secondary N) is 2. The molecule has 0 aliphatic heterocycles. The molecule has 128 valence electrons. The van der Waals surface area contributed by atoms with Crippen LogP contribution in [-0.2, 0) is 6.54 Å². The van der Waals surface area contributed by atoms with Crippen molar-refractivity contribution in [2.24, 2.45) is 4.99 Å². The number of aliphatic imine (C=N–C) groups is 1. The van der Waals surface area contributed by atoms with Crippen molar-refractivity contribution in [2.45, 2.75) is 44.7 Å². The van der Waals surface area contributed by atoms with E-state index in [4.69, 9.17) is 9.47 Å². The van der Waals surface area contributed by atoms with Gasteiger partial charge in [-0.3, -0.25) is 4.99 Å². The molecule has 5 nitrogen and oxygen atoms in total. The van der Waals surface area contributed by atoms with E-state index in [1.165, 1.54) is 32.1 Å². The van der Waals surface area contributed by atoms with Gasteiger partial charge in [-0.05, 0) is 30.5 Å². The topological polar surface area (TPSA) is 54.9 Å². The molecule has 0 spiro atoms. The van der Waals surface area contributed by atoms with Crippen molar-refractivity contribution in [3.8, 4) is 11.5 Å². The fraction of sp³-hybridized carbons (Fsp3) is 0.588. The van der Waals surface area contributed by atoms with Gasteiger partial charge in [-0.25, -0.2) is 0 Å². The average Bonchev–Trinajstić information content (AvgIpc) is 2.59. The number of benzene rings is 1. The van der Waals surface area contributed by atoms with E-state index in [9.17, 15) is 0 Å². The van der Waals surface area contributed by atoms with Crippen LogP contribution in [0.15, 0.2) is 21.6 Å². The first kappa shape index (κ1) is 17.9. The Bertz CT molecular complexity index is 543. The number of halogens is 1. The molecular formula is C17H26BrN3O2. The Labute approximate surface area is 147 Å². The molecular weight excluding hydrogens is 358 g/mol. The predicted octanol–water partition coefficient (Wildman–Crippen LogP) is 3.46. The third-order valence-corrected chi connectivity index (χ3v) is 4.91. The standard InChI is InChI=1S/C17H26BrN3O2/c1-19-17(21-13-7-5-4-6-8-13)20-11-12-9-15(22-2)16(23-3)10-14(12)18/h9-10,13H,4-8,11H2,1-3H3,(H2,19,20,21). The number of nitrogens with zero attached hydrogens (tertiary/aromatic N) is 1. The second-order valence-electron chi connectivity index (χ2n) is 5.70. The van der Waals surface area contributed by atoms with Crippen LogP contribution in [-0.4, -0.2) is 33.3 Å². The molecule has 0 unspecified atom stereocenters. The van der Waals surface area contributed by atoms with Crippen LogP contribution >= 0.6 is 15.9 Å². The third kappa shape index (κ3) is 5.03. The number of hydrogen-bond acceptors (Lipinski definition) is 3. The zero-order valence-corrected chi connectivity index (χ0v) is 15.7. The summed E-state index contributed by atoms with van der Waals surface area (Å²) in [4.78, 5) is 4.33. The Kier molecular flexibility index (Phi) is 7.02. The summed E-state index contributed by atoms with van der Waals surface area (Å²) in [5.74, 6) is 2.29. The van der Waals surface area contributed by atoms with Gasteiger partial charge in [-0.2, -0.15) is 0 Å². The van der Waals surface area contributed by atoms with Gasteiger partial charge in [0.25, 0.3) is 0 Å². The quantitative estimate of drug-likeness (QED) is 0.603. The summed E-state index contributed by atoms with van der Waals surface area (Å²) in [7, 11) is 5.09. The van der Waals surface area contributed by atoms with Gasteiger partial charge >= 0.3 is 0 Å². The first-order valence-corrected chi connectivity index (χ1v) is 8.84. The summed E-state index contributed by atoms with van der Waals surface area (Å²) in [6.45, 7) is 0.660. The van der Waals surface area contributed by atoms with Crippen LogP contribution < -0.4 is 20.1 Å². The van der Waals surface area contributed by atoms with Gasteiger partial charge in [-0.1, -0.05) is 35.2 Å².